The van der Waals surface area contributed by atoms with Crippen molar-refractivity contribution >= 4 is 11.6 Å². The lowest BCUT2D eigenvalue weighted by Gasteiger charge is -2.29. The molecule has 0 aliphatic carbocycles. The summed E-state index contributed by atoms with van der Waals surface area (Å²) in [7, 11) is 0. The van der Waals surface area contributed by atoms with Gasteiger partial charge in [-0.2, -0.15) is 10.3 Å². The summed E-state index contributed by atoms with van der Waals surface area (Å²) in [5.41, 5.74) is 0.188. The number of quaternary nitrogens is 1. The lowest BCUT2D eigenvalue weighted by atomic mass is 10.1. The molecule has 2 rings (SSSR count). The molecule has 17 heavy (non-hydrogen) atoms. The zero-order chi connectivity index (χ0) is 12.6. The van der Waals surface area contributed by atoms with E-state index in [1.807, 2.05) is 13.8 Å². The molecular weight excluding hydrogens is 224 g/mol. The van der Waals surface area contributed by atoms with Crippen LogP contribution < -0.4 is 5.23 Å². The maximum Gasteiger partial charge on any atom is 0.278 e. The SMILES string of the molecule is CC(C)CN1CCn2ncc([NH+]([O-])O)c2C1=O. The number of nitrogens with zero attached hydrogens (tertiary/aromatic N) is 3. The van der Waals surface area contributed by atoms with Crippen LogP contribution in [0.25, 0.3) is 0 Å². The molecule has 1 unspecified atom stereocenters. The highest BCUT2D eigenvalue weighted by Crippen LogP contribution is 2.18. The van der Waals surface area contributed by atoms with E-state index >= 15 is 0 Å². The fraction of sp³-hybridized carbons (Fsp3) is 0.600. The normalized spacial score (nSPS) is 17.5. The number of amides is 1. The third kappa shape index (κ3) is 2.17. The predicted octanol–water partition coefficient (Wildman–Crippen LogP) is -0.602. The minimum absolute atomic E-state index is 0.0107. The summed E-state index contributed by atoms with van der Waals surface area (Å²) in [5, 5.41) is 22.8. The van der Waals surface area contributed by atoms with E-state index in [0.29, 0.717) is 25.6 Å². The first kappa shape index (κ1) is 12.0. The number of hydrogen-bond donors (Lipinski definition) is 2. The molecule has 0 bridgehead atoms. The van der Waals surface area contributed by atoms with Crippen molar-refractivity contribution in [2.45, 2.75) is 20.4 Å². The van der Waals surface area contributed by atoms with Crippen molar-refractivity contribution in [3.8, 4) is 0 Å². The molecule has 7 heteroatoms. The van der Waals surface area contributed by atoms with E-state index in [-0.39, 0.29) is 17.3 Å². The van der Waals surface area contributed by atoms with Crippen molar-refractivity contribution < 1.29 is 15.2 Å². The summed E-state index contributed by atoms with van der Waals surface area (Å²) in [5.74, 6) is 0.126. The number of fused-ring (bicyclic) bond motifs is 1. The van der Waals surface area contributed by atoms with Gasteiger partial charge in [0.15, 0.2) is 5.69 Å². The highest BCUT2D eigenvalue weighted by Gasteiger charge is 2.31. The first-order valence-corrected chi connectivity index (χ1v) is 5.59. The van der Waals surface area contributed by atoms with Crippen molar-refractivity contribution in [3.05, 3.63) is 17.1 Å². The summed E-state index contributed by atoms with van der Waals surface area (Å²) >= 11 is 0. The Labute approximate surface area is 98.8 Å². The van der Waals surface area contributed by atoms with Crippen LogP contribution in [0.2, 0.25) is 0 Å². The van der Waals surface area contributed by atoms with E-state index in [9.17, 15) is 10.0 Å². The van der Waals surface area contributed by atoms with Gasteiger partial charge in [-0.3, -0.25) is 9.48 Å². The van der Waals surface area contributed by atoms with Gasteiger partial charge in [0, 0.05) is 13.1 Å². The van der Waals surface area contributed by atoms with Gasteiger partial charge in [-0.05, 0) is 5.92 Å². The van der Waals surface area contributed by atoms with Gasteiger partial charge in [0.25, 0.3) is 5.91 Å². The highest BCUT2D eigenvalue weighted by molar-refractivity contribution is 5.96. The average molecular weight is 240 g/mol. The van der Waals surface area contributed by atoms with Crippen LogP contribution in [0, 0.1) is 11.1 Å². The monoisotopic (exact) mass is 240 g/mol. The molecule has 0 saturated carbocycles. The second kappa shape index (κ2) is 4.44. The van der Waals surface area contributed by atoms with E-state index in [1.165, 1.54) is 10.9 Å². The van der Waals surface area contributed by atoms with Gasteiger partial charge in [0.05, 0.1) is 6.54 Å². The molecule has 0 spiro atoms. The third-order valence-electron chi connectivity index (χ3n) is 2.73. The first-order chi connectivity index (χ1) is 8.00. The van der Waals surface area contributed by atoms with Crippen molar-refractivity contribution in [2.75, 3.05) is 13.1 Å². The van der Waals surface area contributed by atoms with Crippen LogP contribution in [-0.2, 0) is 6.54 Å². The maximum absolute atomic E-state index is 12.1. The van der Waals surface area contributed by atoms with E-state index in [2.05, 4.69) is 5.10 Å². The number of carbonyl (C=O) groups is 1. The maximum atomic E-state index is 12.1. The van der Waals surface area contributed by atoms with E-state index in [4.69, 9.17) is 5.21 Å². The van der Waals surface area contributed by atoms with E-state index < -0.39 is 5.23 Å². The quantitative estimate of drug-likeness (QED) is 0.691. The predicted molar refractivity (Wildman–Crippen MR) is 58.7 cm³/mol. The Hall–Kier alpha value is -1.44. The summed E-state index contributed by atoms with van der Waals surface area (Å²) in [6, 6.07) is 0. The van der Waals surface area contributed by atoms with E-state index in [0.717, 1.165) is 0 Å². The summed E-state index contributed by atoms with van der Waals surface area (Å²) in [6.45, 7) is 5.84. The van der Waals surface area contributed by atoms with Crippen molar-refractivity contribution in [2.24, 2.45) is 5.92 Å². The second-order valence-electron chi connectivity index (χ2n) is 4.58. The smallest absolute Gasteiger partial charge is 0.278 e. The topological polar surface area (TPSA) is 85.9 Å². The summed E-state index contributed by atoms with van der Waals surface area (Å²) in [4.78, 5) is 13.8. The molecule has 2 N–H and O–H groups in total. The largest absolute Gasteiger partial charge is 0.595 e. The first-order valence-electron chi connectivity index (χ1n) is 5.59. The molecule has 2 heterocycles. The van der Waals surface area contributed by atoms with Crippen LogP contribution >= 0.6 is 0 Å². The van der Waals surface area contributed by atoms with Gasteiger partial charge in [0.1, 0.15) is 6.20 Å². The molecule has 1 aromatic rings. The van der Waals surface area contributed by atoms with Gasteiger partial charge in [-0.1, -0.05) is 13.8 Å². The number of aromatic nitrogens is 2. The Kier molecular flexibility index (Phi) is 3.14. The molecule has 0 saturated heterocycles. The third-order valence-corrected chi connectivity index (χ3v) is 2.73. The minimum Gasteiger partial charge on any atom is -0.595 e. The molecule has 1 amide bonds. The Morgan fingerprint density at radius 3 is 2.88 bits per heavy atom. The Morgan fingerprint density at radius 2 is 2.29 bits per heavy atom. The van der Waals surface area contributed by atoms with Gasteiger partial charge >= 0.3 is 0 Å². The van der Waals surface area contributed by atoms with Crippen molar-refractivity contribution in [1.29, 1.82) is 0 Å². The second-order valence-corrected chi connectivity index (χ2v) is 4.58. The van der Waals surface area contributed by atoms with Gasteiger partial charge < -0.3 is 10.1 Å². The Morgan fingerprint density at radius 1 is 1.59 bits per heavy atom. The van der Waals surface area contributed by atoms with Crippen LogP contribution in [0.4, 0.5) is 5.69 Å². The number of carbonyl (C=O) groups excluding carboxylic acids is 1. The summed E-state index contributed by atoms with van der Waals surface area (Å²) < 4.78 is 1.47. The zero-order valence-electron chi connectivity index (χ0n) is 9.88. The molecular formula is C10H16N4O3. The van der Waals surface area contributed by atoms with E-state index in [1.54, 1.807) is 4.90 Å². The molecule has 1 aliphatic rings. The van der Waals surface area contributed by atoms with Crippen LogP contribution in [0.5, 0.6) is 0 Å². The van der Waals surface area contributed by atoms with Gasteiger partial charge in [-0.15, -0.1) is 0 Å². The Balaban J connectivity index is 2.30. The molecule has 94 valence electrons. The molecule has 1 atom stereocenters. The number of nitrogens with one attached hydrogen (secondary N) is 1. The number of rotatable bonds is 3. The fourth-order valence-electron chi connectivity index (χ4n) is 2.02. The number of hydrogen-bond acceptors (Lipinski definition) is 4. The lowest BCUT2D eigenvalue weighted by Crippen LogP contribution is -2.99. The lowest BCUT2D eigenvalue weighted by molar-refractivity contribution is -0.991. The molecule has 0 aromatic carbocycles. The molecule has 1 aromatic heterocycles. The highest BCUT2D eigenvalue weighted by atomic mass is 16.8. The van der Waals surface area contributed by atoms with Crippen molar-refractivity contribution in [3.63, 3.8) is 0 Å². The fourth-order valence-corrected chi connectivity index (χ4v) is 2.02. The van der Waals surface area contributed by atoms with Crippen molar-refractivity contribution in [1.82, 2.24) is 14.7 Å². The Bertz CT molecular complexity index is 427. The van der Waals surface area contributed by atoms with Crippen LogP contribution in [0.1, 0.15) is 24.3 Å². The molecule has 0 radical (unpaired) electrons. The zero-order valence-corrected chi connectivity index (χ0v) is 9.88. The standard InChI is InChI=1S/C10H16N4O3/c1-7(2)6-12-3-4-13-9(10(12)15)8(5-11-13)14(16)17/h5,7,14,16H,3-4,6H2,1-2H3. The average Bonchev–Trinajstić information content (AvgIpc) is 2.66. The van der Waals surface area contributed by atoms with Crippen LogP contribution in [-0.4, -0.2) is 38.9 Å². The minimum atomic E-state index is -1.11. The van der Waals surface area contributed by atoms with Gasteiger partial charge in [-0.25, -0.2) is 5.21 Å². The molecule has 1 aliphatic heterocycles. The van der Waals surface area contributed by atoms with Gasteiger partial charge in [0.2, 0.25) is 5.69 Å². The molecule has 0 fully saturated rings. The van der Waals surface area contributed by atoms with Crippen LogP contribution in [0.15, 0.2) is 6.20 Å². The van der Waals surface area contributed by atoms with Crippen LogP contribution in [0.3, 0.4) is 0 Å². The molecule has 7 nitrogen and oxygen atoms in total. The summed E-state index contributed by atoms with van der Waals surface area (Å²) in [6.07, 6.45) is 1.24.